The number of nitrogens with one attached hydrogen (secondary N) is 1. The van der Waals surface area contributed by atoms with Crippen molar-refractivity contribution < 1.29 is 9.53 Å². The number of carbonyl (C=O) groups is 1. The number of fused-ring (bicyclic) bond motifs is 1. The molecular formula is C15H18Br2N2O2. The first-order chi connectivity index (χ1) is 10.1. The molecule has 21 heavy (non-hydrogen) atoms. The third-order valence-electron chi connectivity index (χ3n) is 4.12. The molecule has 1 aromatic rings. The fraction of sp³-hybridized carbons (Fsp3) is 0.533. The van der Waals surface area contributed by atoms with Gasteiger partial charge in [-0.05, 0) is 53.5 Å². The van der Waals surface area contributed by atoms with Gasteiger partial charge in [0.25, 0.3) is 5.91 Å². The van der Waals surface area contributed by atoms with Crippen molar-refractivity contribution in [3.8, 4) is 0 Å². The first kappa shape index (κ1) is 15.5. The highest BCUT2D eigenvalue weighted by atomic mass is 79.9. The van der Waals surface area contributed by atoms with E-state index >= 15 is 0 Å². The van der Waals surface area contributed by atoms with E-state index in [4.69, 9.17) is 4.74 Å². The monoisotopic (exact) mass is 416 g/mol. The summed E-state index contributed by atoms with van der Waals surface area (Å²) in [5.74, 6) is -0.0738. The summed E-state index contributed by atoms with van der Waals surface area (Å²) >= 11 is 6.80. The summed E-state index contributed by atoms with van der Waals surface area (Å²) in [5, 5.41) is 2.98. The third-order valence-corrected chi connectivity index (χ3v) is 5.31. The highest BCUT2D eigenvalue weighted by molar-refractivity contribution is 9.11. The third kappa shape index (κ3) is 3.67. The molecule has 2 atom stereocenters. The van der Waals surface area contributed by atoms with Crippen LogP contribution in [0.3, 0.4) is 0 Å². The zero-order chi connectivity index (χ0) is 14.8. The van der Waals surface area contributed by atoms with Crippen LogP contribution in [0, 0.1) is 0 Å². The van der Waals surface area contributed by atoms with Gasteiger partial charge in [0.2, 0.25) is 0 Å². The number of carbonyl (C=O) groups excluding carboxylic acids is 1. The minimum atomic E-state index is -0.0738. The zero-order valence-corrected chi connectivity index (χ0v) is 14.8. The molecule has 0 aliphatic carbocycles. The summed E-state index contributed by atoms with van der Waals surface area (Å²) in [4.78, 5) is 14.7. The van der Waals surface area contributed by atoms with Gasteiger partial charge in [-0.15, -0.1) is 0 Å². The van der Waals surface area contributed by atoms with Gasteiger partial charge in [-0.2, -0.15) is 0 Å². The average molecular weight is 418 g/mol. The lowest BCUT2D eigenvalue weighted by atomic mass is 10.1. The van der Waals surface area contributed by atoms with Crippen LogP contribution in [0.15, 0.2) is 27.1 Å². The summed E-state index contributed by atoms with van der Waals surface area (Å²) in [6.45, 7) is 3.43. The Bertz CT molecular complexity index is 538. The maximum absolute atomic E-state index is 12.3. The minimum absolute atomic E-state index is 0.0738. The number of hydrogen-bond donors (Lipinski definition) is 1. The van der Waals surface area contributed by atoms with Crippen LogP contribution in [0.5, 0.6) is 0 Å². The summed E-state index contributed by atoms with van der Waals surface area (Å²) in [7, 11) is 0. The van der Waals surface area contributed by atoms with Crippen LogP contribution in [0.2, 0.25) is 0 Å². The van der Waals surface area contributed by atoms with E-state index in [2.05, 4.69) is 42.1 Å². The van der Waals surface area contributed by atoms with Crippen LogP contribution in [0.1, 0.15) is 23.2 Å². The maximum atomic E-state index is 12.3. The molecule has 2 saturated heterocycles. The fourth-order valence-electron chi connectivity index (χ4n) is 2.98. The average Bonchev–Trinajstić information content (AvgIpc) is 2.94. The van der Waals surface area contributed by atoms with Crippen molar-refractivity contribution in [2.75, 3.05) is 26.2 Å². The number of hydrogen-bond acceptors (Lipinski definition) is 3. The van der Waals surface area contributed by atoms with Crippen molar-refractivity contribution in [1.29, 1.82) is 0 Å². The highest BCUT2D eigenvalue weighted by Gasteiger charge is 2.32. The van der Waals surface area contributed by atoms with Gasteiger partial charge >= 0.3 is 0 Å². The topological polar surface area (TPSA) is 41.6 Å². The van der Waals surface area contributed by atoms with Crippen LogP contribution in [0.25, 0.3) is 0 Å². The Labute approximate surface area is 141 Å². The molecule has 0 saturated carbocycles. The van der Waals surface area contributed by atoms with E-state index in [0.29, 0.717) is 18.2 Å². The fourth-order valence-corrected chi connectivity index (χ4v) is 3.77. The minimum Gasteiger partial charge on any atom is -0.373 e. The number of halogens is 2. The molecule has 2 unspecified atom stereocenters. The number of nitrogens with zero attached hydrogens (tertiary/aromatic N) is 1. The van der Waals surface area contributed by atoms with Gasteiger partial charge < -0.3 is 10.1 Å². The van der Waals surface area contributed by atoms with E-state index in [1.165, 1.54) is 12.8 Å². The van der Waals surface area contributed by atoms with Crippen molar-refractivity contribution in [2.45, 2.75) is 25.0 Å². The van der Waals surface area contributed by atoms with Gasteiger partial charge in [-0.25, -0.2) is 0 Å². The van der Waals surface area contributed by atoms with Crippen molar-refractivity contribution in [1.82, 2.24) is 10.2 Å². The smallest absolute Gasteiger partial charge is 0.252 e. The summed E-state index contributed by atoms with van der Waals surface area (Å²) in [5.41, 5.74) is 0.638. The van der Waals surface area contributed by atoms with Gasteiger partial charge in [-0.3, -0.25) is 9.69 Å². The first-order valence-electron chi connectivity index (χ1n) is 7.22. The standard InChI is InChI=1S/C15H18Br2N2O2/c16-10-3-4-14(17)13(6-10)15(20)18-7-12-8-19-5-1-2-11(19)9-21-12/h3-4,6,11-12H,1-2,5,7-9H2,(H,18,20). The first-order valence-corrected chi connectivity index (χ1v) is 8.81. The Morgan fingerprint density at radius 2 is 2.29 bits per heavy atom. The van der Waals surface area contributed by atoms with E-state index < -0.39 is 0 Å². The normalized spacial score (nSPS) is 25.6. The summed E-state index contributed by atoms with van der Waals surface area (Å²) in [6.07, 6.45) is 2.59. The van der Waals surface area contributed by atoms with E-state index in [0.717, 1.165) is 28.6 Å². The lowest BCUT2D eigenvalue weighted by Gasteiger charge is -2.35. The molecule has 4 nitrogen and oxygen atoms in total. The van der Waals surface area contributed by atoms with Gasteiger partial charge in [0.05, 0.1) is 18.3 Å². The molecule has 1 N–H and O–H groups in total. The SMILES string of the molecule is O=C(NCC1CN2CCCC2CO1)c1cc(Br)ccc1Br. The molecule has 0 spiro atoms. The van der Waals surface area contributed by atoms with Crippen molar-refractivity contribution in [3.63, 3.8) is 0 Å². The predicted molar refractivity (Wildman–Crippen MR) is 88.5 cm³/mol. The number of morpholine rings is 1. The summed E-state index contributed by atoms with van der Waals surface area (Å²) in [6, 6.07) is 6.18. The lowest BCUT2D eigenvalue weighted by molar-refractivity contribution is -0.0461. The number of benzene rings is 1. The second-order valence-electron chi connectivity index (χ2n) is 5.58. The molecule has 2 aliphatic heterocycles. The van der Waals surface area contributed by atoms with Crippen molar-refractivity contribution in [2.24, 2.45) is 0 Å². The Morgan fingerprint density at radius 1 is 1.43 bits per heavy atom. The Kier molecular flexibility index (Phi) is 4.99. The van der Waals surface area contributed by atoms with Crippen molar-refractivity contribution in [3.05, 3.63) is 32.7 Å². The molecule has 2 aliphatic rings. The van der Waals surface area contributed by atoms with Gasteiger partial charge in [0.1, 0.15) is 0 Å². The molecule has 0 aromatic heterocycles. The predicted octanol–water partition coefficient (Wildman–Crippen LogP) is 2.80. The number of ether oxygens (including phenoxy) is 1. The van der Waals surface area contributed by atoms with Crippen LogP contribution >= 0.6 is 31.9 Å². The quantitative estimate of drug-likeness (QED) is 0.822. The number of amides is 1. The molecular weight excluding hydrogens is 400 g/mol. The molecule has 2 heterocycles. The number of rotatable bonds is 3. The van der Waals surface area contributed by atoms with Crippen LogP contribution in [-0.4, -0.2) is 49.2 Å². The maximum Gasteiger partial charge on any atom is 0.252 e. The van der Waals surface area contributed by atoms with E-state index in [9.17, 15) is 4.79 Å². The Morgan fingerprint density at radius 3 is 3.14 bits per heavy atom. The van der Waals surface area contributed by atoms with Crippen LogP contribution < -0.4 is 5.32 Å². The largest absolute Gasteiger partial charge is 0.373 e. The highest BCUT2D eigenvalue weighted by Crippen LogP contribution is 2.23. The molecule has 2 fully saturated rings. The van der Waals surface area contributed by atoms with Crippen molar-refractivity contribution >= 4 is 37.8 Å². The molecule has 0 radical (unpaired) electrons. The molecule has 0 bridgehead atoms. The summed E-state index contributed by atoms with van der Waals surface area (Å²) < 4.78 is 7.55. The molecule has 1 aromatic carbocycles. The molecule has 3 rings (SSSR count). The van der Waals surface area contributed by atoms with Gasteiger partial charge in [-0.1, -0.05) is 15.9 Å². The van der Waals surface area contributed by atoms with Crippen LogP contribution in [0.4, 0.5) is 0 Å². The van der Waals surface area contributed by atoms with E-state index in [1.54, 1.807) is 0 Å². The van der Waals surface area contributed by atoms with Gasteiger partial charge in [0.15, 0.2) is 0 Å². The van der Waals surface area contributed by atoms with E-state index in [1.807, 2.05) is 18.2 Å². The Balaban J connectivity index is 1.55. The van der Waals surface area contributed by atoms with Gasteiger partial charge in [0, 0.05) is 28.1 Å². The van der Waals surface area contributed by atoms with Crippen LogP contribution in [-0.2, 0) is 4.74 Å². The molecule has 6 heteroatoms. The zero-order valence-electron chi connectivity index (χ0n) is 11.6. The molecule has 114 valence electrons. The lowest BCUT2D eigenvalue weighted by Crippen LogP contribution is -2.50. The van der Waals surface area contributed by atoms with E-state index in [-0.39, 0.29) is 12.0 Å². The molecule has 1 amide bonds. The second-order valence-corrected chi connectivity index (χ2v) is 7.35. The second kappa shape index (κ2) is 6.77. The Hall–Kier alpha value is -0.430.